The Bertz CT molecular complexity index is 372. The van der Waals surface area contributed by atoms with E-state index >= 15 is 0 Å². The van der Waals surface area contributed by atoms with Crippen molar-refractivity contribution in [2.75, 3.05) is 5.32 Å². The predicted molar refractivity (Wildman–Crippen MR) is 73.8 cm³/mol. The number of halogens is 2. The van der Waals surface area contributed by atoms with Crippen LogP contribution in [0.4, 0.5) is 10.1 Å². The van der Waals surface area contributed by atoms with Crippen LogP contribution >= 0.6 is 15.9 Å². The summed E-state index contributed by atoms with van der Waals surface area (Å²) >= 11 is 3.27. The fourth-order valence-corrected chi connectivity index (χ4v) is 2.87. The normalized spacial score (nSPS) is 24.6. The average Bonchev–Trinajstić information content (AvgIpc) is 2.34. The van der Waals surface area contributed by atoms with Crippen molar-refractivity contribution in [3.63, 3.8) is 0 Å². The van der Waals surface area contributed by atoms with Gasteiger partial charge in [0.2, 0.25) is 0 Å². The molecule has 94 valence electrons. The standard InChI is InChI=1S/C14H19BrFN/c1-2-10-3-6-12(7-4-10)17-14-8-5-11(15)9-13(14)16/h5,8-10,12,17H,2-4,6-7H2,1H3. The van der Waals surface area contributed by atoms with Gasteiger partial charge in [-0.1, -0.05) is 29.3 Å². The van der Waals surface area contributed by atoms with Crippen LogP contribution in [0.1, 0.15) is 39.0 Å². The molecule has 1 nitrogen and oxygen atoms in total. The molecule has 1 aliphatic rings. The summed E-state index contributed by atoms with van der Waals surface area (Å²) in [6, 6.07) is 5.64. The van der Waals surface area contributed by atoms with Gasteiger partial charge in [0.1, 0.15) is 5.82 Å². The molecular weight excluding hydrogens is 281 g/mol. The number of hydrogen-bond donors (Lipinski definition) is 1. The van der Waals surface area contributed by atoms with Gasteiger partial charge in [-0.25, -0.2) is 4.39 Å². The summed E-state index contributed by atoms with van der Waals surface area (Å²) in [6.45, 7) is 2.26. The molecule has 0 radical (unpaired) electrons. The molecule has 0 atom stereocenters. The van der Waals surface area contributed by atoms with Crippen molar-refractivity contribution in [3.05, 3.63) is 28.5 Å². The Kier molecular flexibility index (Phi) is 4.43. The van der Waals surface area contributed by atoms with E-state index in [2.05, 4.69) is 28.2 Å². The lowest BCUT2D eigenvalue weighted by atomic mass is 9.84. The molecule has 0 spiro atoms. The Hall–Kier alpha value is -0.570. The molecule has 0 aliphatic heterocycles. The maximum atomic E-state index is 13.7. The molecular formula is C14H19BrFN. The summed E-state index contributed by atoms with van der Waals surface area (Å²) in [4.78, 5) is 0. The minimum Gasteiger partial charge on any atom is -0.380 e. The highest BCUT2D eigenvalue weighted by Gasteiger charge is 2.20. The Balaban J connectivity index is 1.93. The van der Waals surface area contributed by atoms with Crippen LogP contribution < -0.4 is 5.32 Å². The lowest BCUT2D eigenvalue weighted by molar-refractivity contribution is 0.329. The van der Waals surface area contributed by atoms with E-state index in [1.807, 2.05) is 12.1 Å². The summed E-state index contributed by atoms with van der Waals surface area (Å²) in [5.41, 5.74) is 0.633. The van der Waals surface area contributed by atoms with E-state index in [-0.39, 0.29) is 5.82 Å². The van der Waals surface area contributed by atoms with E-state index in [4.69, 9.17) is 0 Å². The van der Waals surface area contributed by atoms with E-state index in [0.29, 0.717) is 11.7 Å². The molecule has 1 fully saturated rings. The van der Waals surface area contributed by atoms with Gasteiger partial charge >= 0.3 is 0 Å². The van der Waals surface area contributed by atoms with Gasteiger partial charge in [-0.05, 0) is 49.8 Å². The van der Waals surface area contributed by atoms with E-state index in [1.165, 1.54) is 25.3 Å². The van der Waals surface area contributed by atoms with Crippen molar-refractivity contribution in [2.24, 2.45) is 5.92 Å². The predicted octanol–water partition coefficient (Wildman–Crippen LogP) is 4.97. The molecule has 0 bridgehead atoms. The number of rotatable bonds is 3. The van der Waals surface area contributed by atoms with Gasteiger partial charge < -0.3 is 5.32 Å². The SMILES string of the molecule is CCC1CCC(Nc2ccc(Br)cc2F)CC1. The van der Waals surface area contributed by atoms with E-state index in [1.54, 1.807) is 0 Å². The van der Waals surface area contributed by atoms with Gasteiger partial charge in [-0.3, -0.25) is 0 Å². The zero-order valence-corrected chi connectivity index (χ0v) is 11.8. The van der Waals surface area contributed by atoms with Gasteiger partial charge in [-0.15, -0.1) is 0 Å². The quantitative estimate of drug-likeness (QED) is 0.831. The van der Waals surface area contributed by atoms with Gasteiger partial charge in [-0.2, -0.15) is 0 Å². The van der Waals surface area contributed by atoms with Crippen molar-refractivity contribution >= 4 is 21.6 Å². The third kappa shape index (κ3) is 3.44. The largest absolute Gasteiger partial charge is 0.380 e. The summed E-state index contributed by atoms with van der Waals surface area (Å²) < 4.78 is 14.4. The summed E-state index contributed by atoms with van der Waals surface area (Å²) in [5, 5.41) is 3.33. The van der Waals surface area contributed by atoms with Crippen LogP contribution in [0.3, 0.4) is 0 Å². The number of anilines is 1. The van der Waals surface area contributed by atoms with Crippen molar-refractivity contribution in [3.8, 4) is 0 Å². The van der Waals surface area contributed by atoms with Crippen LogP contribution in [0.2, 0.25) is 0 Å². The first-order valence-corrected chi connectivity index (χ1v) is 7.20. The zero-order valence-electron chi connectivity index (χ0n) is 10.2. The highest BCUT2D eigenvalue weighted by molar-refractivity contribution is 9.10. The lowest BCUT2D eigenvalue weighted by Gasteiger charge is -2.29. The number of hydrogen-bond acceptors (Lipinski definition) is 1. The maximum absolute atomic E-state index is 13.7. The van der Waals surface area contributed by atoms with E-state index in [9.17, 15) is 4.39 Å². The maximum Gasteiger partial charge on any atom is 0.147 e. The lowest BCUT2D eigenvalue weighted by Crippen LogP contribution is -2.26. The highest BCUT2D eigenvalue weighted by Crippen LogP contribution is 2.29. The van der Waals surface area contributed by atoms with Gasteiger partial charge in [0.25, 0.3) is 0 Å². The minimum absolute atomic E-state index is 0.169. The molecule has 3 heteroatoms. The second-order valence-electron chi connectivity index (χ2n) is 4.89. The molecule has 1 aromatic rings. The van der Waals surface area contributed by atoms with Crippen LogP contribution in [-0.2, 0) is 0 Å². The van der Waals surface area contributed by atoms with E-state index < -0.39 is 0 Å². The van der Waals surface area contributed by atoms with Crippen LogP contribution in [0, 0.1) is 11.7 Å². The van der Waals surface area contributed by atoms with Crippen molar-refractivity contribution in [2.45, 2.75) is 45.1 Å². The zero-order chi connectivity index (χ0) is 12.3. The van der Waals surface area contributed by atoms with Crippen molar-refractivity contribution in [1.82, 2.24) is 0 Å². The molecule has 0 heterocycles. The van der Waals surface area contributed by atoms with Gasteiger partial charge in [0.05, 0.1) is 5.69 Å². The molecule has 2 rings (SSSR count). The van der Waals surface area contributed by atoms with Crippen LogP contribution in [0.15, 0.2) is 22.7 Å². The van der Waals surface area contributed by atoms with Gasteiger partial charge in [0.15, 0.2) is 0 Å². The fraction of sp³-hybridized carbons (Fsp3) is 0.571. The van der Waals surface area contributed by atoms with Crippen LogP contribution in [0.5, 0.6) is 0 Å². The smallest absolute Gasteiger partial charge is 0.147 e. The average molecular weight is 300 g/mol. The topological polar surface area (TPSA) is 12.0 Å². The van der Waals surface area contributed by atoms with Crippen molar-refractivity contribution < 1.29 is 4.39 Å². The minimum atomic E-state index is -0.169. The first kappa shape index (κ1) is 12.9. The third-order valence-corrected chi connectivity index (χ3v) is 4.21. The first-order chi connectivity index (χ1) is 8.19. The van der Waals surface area contributed by atoms with Crippen molar-refractivity contribution in [1.29, 1.82) is 0 Å². The van der Waals surface area contributed by atoms with Crippen LogP contribution in [-0.4, -0.2) is 6.04 Å². The van der Waals surface area contributed by atoms with Crippen LogP contribution in [0.25, 0.3) is 0 Å². The molecule has 0 amide bonds. The Morgan fingerprint density at radius 2 is 2.00 bits per heavy atom. The van der Waals surface area contributed by atoms with Gasteiger partial charge in [0, 0.05) is 10.5 Å². The molecule has 1 aliphatic carbocycles. The molecule has 0 unspecified atom stereocenters. The first-order valence-electron chi connectivity index (χ1n) is 6.40. The molecule has 0 aromatic heterocycles. The molecule has 1 saturated carbocycles. The summed E-state index contributed by atoms with van der Waals surface area (Å²) in [5.74, 6) is 0.708. The number of benzene rings is 1. The molecule has 17 heavy (non-hydrogen) atoms. The van der Waals surface area contributed by atoms with E-state index in [0.717, 1.165) is 23.2 Å². The molecule has 1 aromatic carbocycles. The fourth-order valence-electron chi connectivity index (χ4n) is 2.54. The molecule has 1 N–H and O–H groups in total. The summed E-state index contributed by atoms with van der Waals surface area (Å²) in [7, 11) is 0. The Morgan fingerprint density at radius 3 is 2.59 bits per heavy atom. The Labute approximate surface area is 111 Å². The molecule has 0 saturated heterocycles. The third-order valence-electron chi connectivity index (χ3n) is 3.71. The Morgan fingerprint density at radius 1 is 1.29 bits per heavy atom. The monoisotopic (exact) mass is 299 g/mol. The highest BCUT2D eigenvalue weighted by atomic mass is 79.9. The number of nitrogens with one attached hydrogen (secondary N) is 1. The second kappa shape index (κ2) is 5.85. The second-order valence-corrected chi connectivity index (χ2v) is 5.81. The summed E-state index contributed by atoms with van der Waals surface area (Å²) in [6.07, 6.45) is 6.14.